The summed E-state index contributed by atoms with van der Waals surface area (Å²) in [4.78, 5) is 18.9. The van der Waals surface area contributed by atoms with E-state index in [0.29, 0.717) is 30.0 Å². The Bertz CT molecular complexity index is 525. The van der Waals surface area contributed by atoms with Gasteiger partial charge in [-0.1, -0.05) is 26.8 Å². The SMILES string of the molecule is CCC(C)(C)[C@H]1CCCN1CC(=O)N1CCC[C@H]1c1cccs1. The second kappa shape index (κ2) is 6.94. The van der Waals surface area contributed by atoms with Gasteiger partial charge in [-0.25, -0.2) is 0 Å². The molecule has 0 N–H and O–H groups in total. The van der Waals surface area contributed by atoms with Crippen LogP contribution in [0.15, 0.2) is 17.5 Å². The van der Waals surface area contributed by atoms with Crippen molar-refractivity contribution >= 4 is 17.2 Å². The van der Waals surface area contributed by atoms with Crippen molar-refractivity contribution in [3.63, 3.8) is 0 Å². The molecule has 0 aromatic carbocycles. The normalized spacial score (nSPS) is 26.1. The van der Waals surface area contributed by atoms with Crippen molar-refractivity contribution in [3.05, 3.63) is 22.4 Å². The maximum absolute atomic E-state index is 13.0. The van der Waals surface area contributed by atoms with Gasteiger partial charge in [0.15, 0.2) is 0 Å². The minimum atomic E-state index is 0.301. The Kier molecular flexibility index (Phi) is 5.12. The van der Waals surface area contributed by atoms with Crippen LogP contribution in [0.2, 0.25) is 0 Å². The van der Waals surface area contributed by atoms with E-state index in [2.05, 4.69) is 48.1 Å². The Balaban J connectivity index is 1.66. The second-order valence-corrected chi connectivity index (χ2v) is 8.71. The van der Waals surface area contributed by atoms with Crippen LogP contribution in [0.4, 0.5) is 0 Å². The summed E-state index contributed by atoms with van der Waals surface area (Å²) in [5.41, 5.74) is 0.301. The number of thiophene rings is 1. The molecule has 1 amide bonds. The van der Waals surface area contributed by atoms with Gasteiger partial charge in [0.1, 0.15) is 0 Å². The molecule has 1 aromatic heterocycles. The maximum atomic E-state index is 13.0. The molecule has 0 spiro atoms. The van der Waals surface area contributed by atoms with Gasteiger partial charge in [0.2, 0.25) is 5.91 Å². The molecule has 2 saturated heterocycles. The summed E-state index contributed by atoms with van der Waals surface area (Å²) in [7, 11) is 0. The van der Waals surface area contributed by atoms with Crippen LogP contribution < -0.4 is 0 Å². The summed E-state index contributed by atoms with van der Waals surface area (Å²) in [6.07, 6.45) is 5.90. The topological polar surface area (TPSA) is 23.6 Å². The molecule has 128 valence electrons. The molecule has 2 aliphatic rings. The highest BCUT2D eigenvalue weighted by molar-refractivity contribution is 7.10. The molecule has 0 aliphatic carbocycles. The van der Waals surface area contributed by atoms with Crippen LogP contribution >= 0.6 is 11.3 Å². The van der Waals surface area contributed by atoms with Crippen molar-refractivity contribution in [3.8, 4) is 0 Å². The Labute approximate surface area is 144 Å². The molecular formula is C19H30N2OS. The average Bonchev–Trinajstić information content (AvgIpc) is 3.26. The zero-order chi connectivity index (χ0) is 16.4. The summed E-state index contributed by atoms with van der Waals surface area (Å²) in [5, 5.41) is 2.12. The lowest BCUT2D eigenvalue weighted by atomic mass is 9.80. The van der Waals surface area contributed by atoms with E-state index >= 15 is 0 Å². The lowest BCUT2D eigenvalue weighted by molar-refractivity contribution is -0.134. The number of hydrogen-bond acceptors (Lipinski definition) is 3. The van der Waals surface area contributed by atoms with E-state index in [1.807, 2.05) is 0 Å². The van der Waals surface area contributed by atoms with Gasteiger partial charge in [-0.2, -0.15) is 0 Å². The van der Waals surface area contributed by atoms with Crippen molar-refractivity contribution in [2.24, 2.45) is 5.41 Å². The Morgan fingerprint density at radius 3 is 2.78 bits per heavy atom. The van der Waals surface area contributed by atoms with E-state index < -0.39 is 0 Å². The number of carbonyl (C=O) groups excluding carboxylic acids is 1. The Morgan fingerprint density at radius 1 is 1.30 bits per heavy atom. The van der Waals surface area contributed by atoms with Gasteiger partial charge in [0.25, 0.3) is 0 Å². The van der Waals surface area contributed by atoms with Gasteiger partial charge in [0, 0.05) is 17.5 Å². The molecule has 23 heavy (non-hydrogen) atoms. The van der Waals surface area contributed by atoms with Gasteiger partial charge in [-0.05, 0) is 55.5 Å². The predicted molar refractivity (Wildman–Crippen MR) is 96.7 cm³/mol. The zero-order valence-corrected chi connectivity index (χ0v) is 15.6. The quantitative estimate of drug-likeness (QED) is 0.801. The van der Waals surface area contributed by atoms with Crippen molar-refractivity contribution in [2.45, 2.75) is 65.0 Å². The lowest BCUT2D eigenvalue weighted by Gasteiger charge is -2.38. The fourth-order valence-electron chi connectivity index (χ4n) is 4.24. The third-order valence-electron chi connectivity index (χ3n) is 5.96. The van der Waals surface area contributed by atoms with Gasteiger partial charge in [-0.3, -0.25) is 9.69 Å². The van der Waals surface area contributed by atoms with E-state index in [9.17, 15) is 4.79 Å². The number of likely N-dealkylation sites (tertiary alicyclic amines) is 2. The van der Waals surface area contributed by atoms with E-state index in [1.54, 1.807) is 11.3 Å². The first-order valence-electron chi connectivity index (χ1n) is 9.10. The molecule has 4 heteroatoms. The van der Waals surface area contributed by atoms with Crippen LogP contribution in [-0.2, 0) is 4.79 Å². The molecule has 3 nitrogen and oxygen atoms in total. The highest BCUT2D eigenvalue weighted by Gasteiger charge is 2.38. The van der Waals surface area contributed by atoms with E-state index in [-0.39, 0.29) is 0 Å². The maximum Gasteiger partial charge on any atom is 0.237 e. The molecule has 0 saturated carbocycles. The summed E-state index contributed by atoms with van der Waals surface area (Å²) in [5.74, 6) is 0.333. The molecule has 1 aromatic rings. The molecule has 0 unspecified atom stereocenters. The molecule has 0 radical (unpaired) electrons. The van der Waals surface area contributed by atoms with E-state index in [4.69, 9.17) is 0 Å². The second-order valence-electron chi connectivity index (χ2n) is 7.73. The first kappa shape index (κ1) is 17.0. The van der Waals surface area contributed by atoms with Crippen molar-refractivity contribution in [1.82, 2.24) is 9.80 Å². The molecule has 0 bridgehead atoms. The minimum absolute atomic E-state index is 0.301. The lowest BCUT2D eigenvalue weighted by Crippen LogP contribution is -2.46. The van der Waals surface area contributed by atoms with Crippen molar-refractivity contribution in [2.75, 3.05) is 19.6 Å². The third-order valence-corrected chi connectivity index (χ3v) is 6.93. The van der Waals surface area contributed by atoms with Crippen LogP contribution in [0, 0.1) is 5.41 Å². The first-order valence-corrected chi connectivity index (χ1v) is 9.98. The summed E-state index contributed by atoms with van der Waals surface area (Å²) in [6, 6.07) is 5.16. The largest absolute Gasteiger partial charge is 0.334 e. The monoisotopic (exact) mass is 334 g/mol. The number of rotatable bonds is 5. The fraction of sp³-hybridized carbons (Fsp3) is 0.737. The highest BCUT2D eigenvalue weighted by atomic mass is 32.1. The van der Waals surface area contributed by atoms with Crippen molar-refractivity contribution < 1.29 is 4.79 Å². The average molecular weight is 335 g/mol. The van der Waals surface area contributed by atoms with Crippen LogP contribution in [0.3, 0.4) is 0 Å². The summed E-state index contributed by atoms with van der Waals surface area (Å²) >= 11 is 1.79. The van der Waals surface area contributed by atoms with Crippen LogP contribution in [0.1, 0.15) is 63.8 Å². The van der Waals surface area contributed by atoms with Crippen LogP contribution in [0.5, 0.6) is 0 Å². The molecule has 3 rings (SSSR count). The fourth-order valence-corrected chi connectivity index (χ4v) is 5.12. The number of amides is 1. The van der Waals surface area contributed by atoms with E-state index in [0.717, 1.165) is 25.9 Å². The zero-order valence-electron chi connectivity index (χ0n) is 14.8. The van der Waals surface area contributed by atoms with E-state index in [1.165, 1.54) is 24.1 Å². The third kappa shape index (κ3) is 3.48. The Hall–Kier alpha value is -0.870. The molecule has 2 fully saturated rings. The smallest absolute Gasteiger partial charge is 0.237 e. The Morgan fingerprint density at radius 2 is 2.09 bits per heavy atom. The minimum Gasteiger partial charge on any atom is -0.334 e. The molecule has 2 atom stereocenters. The predicted octanol–water partition coefficient (Wildman–Crippen LogP) is 4.31. The van der Waals surface area contributed by atoms with Gasteiger partial charge in [-0.15, -0.1) is 11.3 Å². The summed E-state index contributed by atoms with van der Waals surface area (Å²) in [6.45, 7) is 9.59. The first-order chi connectivity index (χ1) is 11.0. The van der Waals surface area contributed by atoms with Gasteiger partial charge < -0.3 is 4.90 Å². The van der Waals surface area contributed by atoms with Crippen molar-refractivity contribution in [1.29, 1.82) is 0 Å². The van der Waals surface area contributed by atoms with Gasteiger partial charge in [0.05, 0.1) is 12.6 Å². The van der Waals surface area contributed by atoms with Crippen LogP contribution in [-0.4, -0.2) is 41.4 Å². The standard InChI is InChI=1S/C19H30N2OS/c1-4-19(2,3)17-10-6-11-20(17)14-18(22)21-12-5-8-15(21)16-9-7-13-23-16/h7,9,13,15,17H,4-6,8,10-12,14H2,1-3H3/t15-,17+/m0/s1. The number of hydrogen-bond donors (Lipinski definition) is 0. The molecule has 3 heterocycles. The molecular weight excluding hydrogens is 304 g/mol. The van der Waals surface area contributed by atoms with Crippen LogP contribution in [0.25, 0.3) is 0 Å². The summed E-state index contributed by atoms with van der Waals surface area (Å²) < 4.78 is 0. The highest BCUT2D eigenvalue weighted by Crippen LogP contribution is 2.37. The number of carbonyl (C=O) groups is 1. The van der Waals surface area contributed by atoms with Gasteiger partial charge >= 0.3 is 0 Å². The number of nitrogens with zero attached hydrogens (tertiary/aromatic N) is 2. The molecule has 2 aliphatic heterocycles.